The van der Waals surface area contributed by atoms with Crippen molar-refractivity contribution in [1.82, 2.24) is 15.1 Å². The second-order valence-electron chi connectivity index (χ2n) is 5.02. The van der Waals surface area contributed by atoms with Gasteiger partial charge in [-0.3, -0.25) is 4.68 Å². The summed E-state index contributed by atoms with van der Waals surface area (Å²) in [5.74, 6) is 0.457. The Balaban J connectivity index is 2.26. The van der Waals surface area contributed by atoms with Gasteiger partial charge in [-0.1, -0.05) is 37.6 Å². The molecule has 0 aliphatic carbocycles. The van der Waals surface area contributed by atoms with Crippen LogP contribution in [0.5, 0.6) is 0 Å². The maximum atomic E-state index is 5.91. The Morgan fingerprint density at radius 2 is 1.95 bits per heavy atom. The van der Waals surface area contributed by atoms with E-state index in [1.54, 1.807) is 0 Å². The number of nitrogens with one attached hydrogen (secondary N) is 1. The summed E-state index contributed by atoms with van der Waals surface area (Å²) in [4.78, 5) is 0. The van der Waals surface area contributed by atoms with Crippen LogP contribution in [0.2, 0.25) is 5.02 Å². The van der Waals surface area contributed by atoms with E-state index in [9.17, 15) is 0 Å². The Bertz CT molecular complexity index is 529. The summed E-state index contributed by atoms with van der Waals surface area (Å²) in [6.45, 7) is 6.05. The van der Waals surface area contributed by atoms with Gasteiger partial charge in [0.25, 0.3) is 0 Å². The third kappa shape index (κ3) is 3.37. The van der Waals surface area contributed by atoms with Crippen LogP contribution < -0.4 is 5.32 Å². The van der Waals surface area contributed by atoms with E-state index in [4.69, 9.17) is 11.6 Å². The smallest absolute Gasteiger partial charge is 0.0662 e. The van der Waals surface area contributed by atoms with Crippen LogP contribution in [0.1, 0.15) is 36.6 Å². The highest BCUT2D eigenvalue weighted by molar-refractivity contribution is 6.30. The summed E-state index contributed by atoms with van der Waals surface area (Å²) in [5, 5.41) is 8.48. The zero-order valence-electron chi connectivity index (χ0n) is 11.7. The van der Waals surface area contributed by atoms with Gasteiger partial charge >= 0.3 is 0 Å². The maximum Gasteiger partial charge on any atom is 0.0662 e. The molecule has 0 amide bonds. The van der Waals surface area contributed by atoms with Crippen molar-refractivity contribution in [2.75, 3.05) is 7.05 Å². The molecule has 3 nitrogen and oxygen atoms in total. The van der Waals surface area contributed by atoms with Gasteiger partial charge in [-0.05, 0) is 30.7 Å². The molecule has 1 aromatic heterocycles. The first kappa shape index (κ1) is 14.1. The molecule has 2 rings (SSSR count). The number of benzene rings is 1. The van der Waals surface area contributed by atoms with Crippen molar-refractivity contribution in [3.05, 3.63) is 52.3 Å². The van der Waals surface area contributed by atoms with Crippen molar-refractivity contribution in [1.29, 1.82) is 0 Å². The zero-order chi connectivity index (χ0) is 13.8. The Labute approximate surface area is 119 Å². The highest BCUT2D eigenvalue weighted by Crippen LogP contribution is 2.21. The summed E-state index contributed by atoms with van der Waals surface area (Å²) in [6.07, 6.45) is 1.96. The van der Waals surface area contributed by atoms with Crippen molar-refractivity contribution in [3.63, 3.8) is 0 Å². The number of rotatable bonds is 5. The minimum absolute atomic E-state index is 0.457. The average molecular weight is 278 g/mol. The predicted octanol–water partition coefficient (Wildman–Crippen LogP) is 3.43. The summed E-state index contributed by atoms with van der Waals surface area (Å²) >= 11 is 5.91. The van der Waals surface area contributed by atoms with Crippen LogP contribution in [0.3, 0.4) is 0 Å². The molecule has 0 unspecified atom stereocenters. The maximum absolute atomic E-state index is 5.91. The van der Waals surface area contributed by atoms with Crippen LogP contribution in [0.4, 0.5) is 0 Å². The quantitative estimate of drug-likeness (QED) is 0.907. The number of hydrogen-bond acceptors (Lipinski definition) is 2. The van der Waals surface area contributed by atoms with Crippen molar-refractivity contribution in [2.24, 2.45) is 0 Å². The van der Waals surface area contributed by atoms with Gasteiger partial charge in [-0.2, -0.15) is 5.10 Å². The SMILES string of the molecule is CNCc1cnn(Cc2ccc(Cl)cc2)c1C(C)C. The first-order valence-electron chi connectivity index (χ1n) is 6.55. The zero-order valence-corrected chi connectivity index (χ0v) is 12.4. The third-order valence-corrected chi connectivity index (χ3v) is 3.37. The first-order chi connectivity index (χ1) is 9.11. The van der Waals surface area contributed by atoms with E-state index in [-0.39, 0.29) is 0 Å². The van der Waals surface area contributed by atoms with Crippen LogP contribution in [0, 0.1) is 0 Å². The van der Waals surface area contributed by atoms with E-state index in [0.717, 1.165) is 18.1 Å². The van der Waals surface area contributed by atoms with E-state index in [1.165, 1.54) is 16.8 Å². The van der Waals surface area contributed by atoms with Gasteiger partial charge in [0.15, 0.2) is 0 Å². The molecule has 1 aromatic carbocycles. The Morgan fingerprint density at radius 3 is 2.53 bits per heavy atom. The second kappa shape index (κ2) is 6.22. The van der Waals surface area contributed by atoms with Crippen LogP contribution in [-0.4, -0.2) is 16.8 Å². The normalized spacial score (nSPS) is 11.2. The Kier molecular flexibility index (Phi) is 4.61. The topological polar surface area (TPSA) is 29.9 Å². The Morgan fingerprint density at radius 1 is 1.26 bits per heavy atom. The minimum Gasteiger partial charge on any atom is -0.316 e. The molecule has 0 saturated carbocycles. The van der Waals surface area contributed by atoms with E-state index in [1.807, 2.05) is 37.5 Å². The molecule has 19 heavy (non-hydrogen) atoms. The van der Waals surface area contributed by atoms with Crippen molar-refractivity contribution in [2.45, 2.75) is 32.9 Å². The van der Waals surface area contributed by atoms with Crippen LogP contribution in [-0.2, 0) is 13.1 Å². The van der Waals surface area contributed by atoms with Gasteiger partial charge in [0.2, 0.25) is 0 Å². The van der Waals surface area contributed by atoms with Gasteiger partial charge in [-0.25, -0.2) is 0 Å². The molecule has 4 heteroatoms. The lowest BCUT2D eigenvalue weighted by atomic mass is 10.1. The molecule has 0 spiro atoms. The highest BCUT2D eigenvalue weighted by Gasteiger charge is 2.13. The predicted molar refractivity (Wildman–Crippen MR) is 79.6 cm³/mol. The number of halogens is 1. The summed E-state index contributed by atoms with van der Waals surface area (Å²) in [5.41, 5.74) is 3.78. The number of hydrogen-bond donors (Lipinski definition) is 1. The summed E-state index contributed by atoms with van der Waals surface area (Å²) < 4.78 is 2.08. The molecule has 0 bridgehead atoms. The molecular formula is C15H20ClN3. The minimum atomic E-state index is 0.457. The second-order valence-corrected chi connectivity index (χ2v) is 5.46. The van der Waals surface area contributed by atoms with E-state index in [0.29, 0.717) is 5.92 Å². The lowest BCUT2D eigenvalue weighted by Gasteiger charge is -2.13. The molecule has 0 saturated heterocycles. The van der Waals surface area contributed by atoms with Gasteiger partial charge in [-0.15, -0.1) is 0 Å². The number of nitrogens with zero attached hydrogens (tertiary/aromatic N) is 2. The molecule has 0 atom stereocenters. The fraction of sp³-hybridized carbons (Fsp3) is 0.400. The van der Waals surface area contributed by atoms with Crippen LogP contribution in [0.25, 0.3) is 0 Å². The molecule has 1 N–H and O–H groups in total. The molecular weight excluding hydrogens is 258 g/mol. The van der Waals surface area contributed by atoms with Crippen molar-refractivity contribution < 1.29 is 0 Å². The van der Waals surface area contributed by atoms with E-state index in [2.05, 4.69) is 28.9 Å². The molecule has 0 radical (unpaired) electrons. The molecule has 2 aromatic rings. The molecule has 1 heterocycles. The van der Waals surface area contributed by atoms with Crippen LogP contribution >= 0.6 is 11.6 Å². The molecule has 0 fully saturated rings. The first-order valence-corrected chi connectivity index (χ1v) is 6.93. The van der Waals surface area contributed by atoms with Gasteiger partial charge < -0.3 is 5.32 Å². The van der Waals surface area contributed by atoms with Crippen molar-refractivity contribution in [3.8, 4) is 0 Å². The van der Waals surface area contributed by atoms with E-state index < -0.39 is 0 Å². The Hall–Kier alpha value is -1.32. The monoisotopic (exact) mass is 277 g/mol. The molecule has 102 valence electrons. The molecule has 0 aliphatic heterocycles. The lowest BCUT2D eigenvalue weighted by Crippen LogP contribution is -2.12. The van der Waals surface area contributed by atoms with Gasteiger partial charge in [0, 0.05) is 22.8 Å². The lowest BCUT2D eigenvalue weighted by molar-refractivity contribution is 0.611. The molecule has 0 aliphatic rings. The van der Waals surface area contributed by atoms with Gasteiger partial charge in [0.1, 0.15) is 0 Å². The average Bonchev–Trinajstić information content (AvgIpc) is 2.76. The van der Waals surface area contributed by atoms with Crippen LogP contribution in [0.15, 0.2) is 30.5 Å². The van der Waals surface area contributed by atoms with E-state index >= 15 is 0 Å². The number of aromatic nitrogens is 2. The standard InChI is InChI=1S/C15H20ClN3/c1-11(2)15-13(8-17-3)9-18-19(15)10-12-4-6-14(16)7-5-12/h4-7,9,11,17H,8,10H2,1-3H3. The summed E-state index contributed by atoms with van der Waals surface area (Å²) in [6, 6.07) is 7.94. The summed E-state index contributed by atoms with van der Waals surface area (Å²) in [7, 11) is 1.96. The fourth-order valence-corrected chi connectivity index (χ4v) is 2.44. The fourth-order valence-electron chi connectivity index (χ4n) is 2.32. The van der Waals surface area contributed by atoms with Crippen molar-refractivity contribution >= 4 is 11.6 Å². The largest absolute Gasteiger partial charge is 0.316 e. The van der Waals surface area contributed by atoms with Gasteiger partial charge in [0.05, 0.1) is 12.7 Å². The third-order valence-electron chi connectivity index (χ3n) is 3.12. The highest BCUT2D eigenvalue weighted by atomic mass is 35.5.